The number of nitrogens with zero attached hydrogens (tertiary/aromatic N) is 3. The smallest absolute Gasteiger partial charge is 0.409 e. The van der Waals surface area contributed by atoms with E-state index in [1.807, 2.05) is 21.7 Å². The summed E-state index contributed by atoms with van der Waals surface area (Å²) < 4.78 is 4.91. The predicted molar refractivity (Wildman–Crippen MR) is 79.6 cm³/mol. The average Bonchev–Trinajstić information content (AvgIpc) is 3.17. The van der Waals surface area contributed by atoms with E-state index >= 15 is 0 Å². The van der Waals surface area contributed by atoms with Crippen molar-refractivity contribution in [2.75, 3.05) is 52.4 Å². The first-order chi connectivity index (χ1) is 10.2. The molecule has 2 fully saturated rings. The lowest BCUT2D eigenvalue weighted by Crippen LogP contribution is -2.50. The average molecular weight is 309 g/mol. The van der Waals surface area contributed by atoms with Gasteiger partial charge in [0, 0.05) is 44.6 Å². The van der Waals surface area contributed by atoms with Crippen molar-refractivity contribution >= 4 is 23.3 Å². The summed E-state index contributed by atoms with van der Waals surface area (Å²) in [5.74, 6) is 0.124. The topological polar surface area (TPSA) is 53.1 Å². The quantitative estimate of drug-likeness (QED) is 0.831. The molecule has 0 radical (unpaired) electrons. The molecule has 2 aliphatic rings. The van der Waals surface area contributed by atoms with E-state index in [0.29, 0.717) is 19.7 Å². The van der Waals surface area contributed by atoms with E-state index in [4.69, 9.17) is 4.74 Å². The Morgan fingerprint density at radius 2 is 2.00 bits per heavy atom. The Morgan fingerprint density at radius 3 is 2.62 bits per heavy atom. The fraction of sp³-hybridized carbons (Fsp3) is 0.571. The molecule has 0 saturated carbocycles. The molecule has 114 valence electrons. The van der Waals surface area contributed by atoms with E-state index in [1.165, 1.54) is 0 Å². The zero-order valence-corrected chi connectivity index (χ0v) is 12.7. The van der Waals surface area contributed by atoms with Crippen molar-refractivity contribution in [1.29, 1.82) is 0 Å². The van der Waals surface area contributed by atoms with Gasteiger partial charge in [-0.2, -0.15) is 11.3 Å². The van der Waals surface area contributed by atoms with E-state index in [-0.39, 0.29) is 12.0 Å². The first-order valence-corrected chi connectivity index (χ1v) is 8.14. The number of thiophene rings is 1. The zero-order chi connectivity index (χ0) is 14.7. The molecule has 0 unspecified atom stereocenters. The number of carbonyl (C=O) groups is 2. The van der Waals surface area contributed by atoms with Crippen molar-refractivity contribution in [2.45, 2.75) is 0 Å². The number of cyclic esters (lactones) is 1. The van der Waals surface area contributed by atoms with Gasteiger partial charge in [0.1, 0.15) is 6.61 Å². The molecule has 6 nitrogen and oxygen atoms in total. The minimum Gasteiger partial charge on any atom is -0.448 e. The van der Waals surface area contributed by atoms with E-state index < -0.39 is 0 Å². The Labute approximate surface area is 127 Å². The van der Waals surface area contributed by atoms with Gasteiger partial charge in [-0.3, -0.25) is 9.69 Å². The molecule has 1 aromatic rings. The Hall–Kier alpha value is -1.60. The van der Waals surface area contributed by atoms with Crippen LogP contribution in [0.3, 0.4) is 0 Å². The first kappa shape index (κ1) is 14.3. The van der Waals surface area contributed by atoms with Crippen LogP contribution in [0.15, 0.2) is 16.8 Å². The van der Waals surface area contributed by atoms with Gasteiger partial charge in [-0.15, -0.1) is 0 Å². The van der Waals surface area contributed by atoms with Gasteiger partial charge in [-0.05, 0) is 11.4 Å². The molecule has 21 heavy (non-hydrogen) atoms. The normalized spacial score (nSPS) is 19.9. The SMILES string of the molecule is O=C1OCCN1CCN1CCN(C(=O)c2ccsc2)CC1. The number of ether oxygens (including phenoxy) is 1. The number of rotatable bonds is 4. The number of piperazine rings is 1. The maximum Gasteiger partial charge on any atom is 0.409 e. The van der Waals surface area contributed by atoms with E-state index in [2.05, 4.69) is 4.90 Å². The molecule has 7 heteroatoms. The van der Waals surface area contributed by atoms with Gasteiger partial charge in [0.15, 0.2) is 0 Å². The number of hydrogen-bond acceptors (Lipinski definition) is 5. The van der Waals surface area contributed by atoms with Crippen molar-refractivity contribution in [3.8, 4) is 0 Å². The van der Waals surface area contributed by atoms with Crippen LogP contribution in [0.5, 0.6) is 0 Å². The van der Waals surface area contributed by atoms with Crippen LogP contribution in [0, 0.1) is 0 Å². The van der Waals surface area contributed by atoms with Crippen LogP contribution in [-0.4, -0.2) is 79.1 Å². The van der Waals surface area contributed by atoms with Crippen LogP contribution in [0.4, 0.5) is 4.79 Å². The molecular formula is C14H19N3O3S. The second-order valence-electron chi connectivity index (χ2n) is 5.25. The molecule has 2 aliphatic heterocycles. The third-order valence-corrected chi connectivity index (χ3v) is 4.64. The molecular weight excluding hydrogens is 290 g/mol. The van der Waals surface area contributed by atoms with E-state index in [0.717, 1.165) is 38.3 Å². The van der Waals surface area contributed by atoms with Crippen LogP contribution >= 0.6 is 11.3 Å². The Kier molecular flexibility index (Phi) is 4.40. The summed E-state index contributed by atoms with van der Waals surface area (Å²) in [6.45, 7) is 5.96. The highest BCUT2D eigenvalue weighted by Crippen LogP contribution is 2.12. The Balaban J connectivity index is 1.43. The molecule has 0 spiro atoms. The lowest BCUT2D eigenvalue weighted by molar-refractivity contribution is 0.0630. The van der Waals surface area contributed by atoms with Gasteiger partial charge in [-0.25, -0.2) is 4.79 Å². The maximum absolute atomic E-state index is 12.2. The largest absolute Gasteiger partial charge is 0.448 e. The summed E-state index contributed by atoms with van der Waals surface area (Å²) in [7, 11) is 0. The summed E-state index contributed by atoms with van der Waals surface area (Å²) in [4.78, 5) is 29.5. The maximum atomic E-state index is 12.2. The molecule has 0 aromatic carbocycles. The third-order valence-electron chi connectivity index (χ3n) is 3.96. The lowest BCUT2D eigenvalue weighted by Gasteiger charge is -2.35. The van der Waals surface area contributed by atoms with Gasteiger partial charge in [-0.1, -0.05) is 0 Å². The Morgan fingerprint density at radius 1 is 1.19 bits per heavy atom. The van der Waals surface area contributed by atoms with E-state index in [1.54, 1.807) is 16.2 Å². The number of amides is 2. The van der Waals surface area contributed by atoms with Crippen molar-refractivity contribution in [2.24, 2.45) is 0 Å². The zero-order valence-electron chi connectivity index (χ0n) is 11.9. The molecule has 2 saturated heterocycles. The fourth-order valence-corrected chi connectivity index (χ4v) is 3.26. The van der Waals surface area contributed by atoms with Gasteiger partial charge >= 0.3 is 6.09 Å². The molecule has 3 rings (SSSR count). The van der Waals surface area contributed by atoms with Crippen LogP contribution < -0.4 is 0 Å². The predicted octanol–water partition coefficient (Wildman–Crippen LogP) is 0.958. The highest BCUT2D eigenvalue weighted by molar-refractivity contribution is 7.08. The second-order valence-corrected chi connectivity index (χ2v) is 6.03. The standard InChI is InChI=1S/C14H19N3O3S/c18-13(12-1-10-21-11-12)16-5-2-15(3-6-16)4-7-17-8-9-20-14(17)19/h1,10-11H,2-9H2. The molecule has 0 bridgehead atoms. The van der Waals surface area contributed by atoms with E-state index in [9.17, 15) is 9.59 Å². The highest BCUT2D eigenvalue weighted by Gasteiger charge is 2.25. The van der Waals surface area contributed by atoms with Crippen molar-refractivity contribution in [1.82, 2.24) is 14.7 Å². The Bertz CT molecular complexity index is 498. The summed E-state index contributed by atoms with van der Waals surface area (Å²) in [5, 5.41) is 3.83. The molecule has 3 heterocycles. The molecule has 2 amide bonds. The highest BCUT2D eigenvalue weighted by atomic mass is 32.1. The van der Waals surface area contributed by atoms with Crippen LogP contribution in [0.2, 0.25) is 0 Å². The molecule has 1 aromatic heterocycles. The third kappa shape index (κ3) is 3.36. The van der Waals surface area contributed by atoms with Crippen LogP contribution in [0.25, 0.3) is 0 Å². The van der Waals surface area contributed by atoms with Crippen molar-refractivity contribution in [3.63, 3.8) is 0 Å². The van der Waals surface area contributed by atoms with Crippen molar-refractivity contribution < 1.29 is 14.3 Å². The molecule has 0 N–H and O–H groups in total. The van der Waals surface area contributed by atoms with Gasteiger partial charge in [0.05, 0.1) is 12.1 Å². The number of hydrogen-bond donors (Lipinski definition) is 0. The summed E-state index contributed by atoms with van der Waals surface area (Å²) >= 11 is 1.55. The van der Waals surface area contributed by atoms with Gasteiger partial charge in [0.2, 0.25) is 0 Å². The van der Waals surface area contributed by atoms with Crippen molar-refractivity contribution in [3.05, 3.63) is 22.4 Å². The first-order valence-electron chi connectivity index (χ1n) is 7.19. The summed E-state index contributed by atoms with van der Waals surface area (Å²) in [6, 6.07) is 1.87. The second kappa shape index (κ2) is 6.44. The summed E-state index contributed by atoms with van der Waals surface area (Å²) in [5.41, 5.74) is 0.785. The monoisotopic (exact) mass is 309 g/mol. The molecule has 0 atom stereocenters. The van der Waals surface area contributed by atoms with Gasteiger partial charge < -0.3 is 14.5 Å². The minimum absolute atomic E-state index is 0.124. The minimum atomic E-state index is -0.207. The van der Waals surface area contributed by atoms with Crippen LogP contribution in [0.1, 0.15) is 10.4 Å². The van der Waals surface area contributed by atoms with Crippen LogP contribution in [-0.2, 0) is 4.74 Å². The number of carbonyl (C=O) groups excluding carboxylic acids is 2. The lowest BCUT2D eigenvalue weighted by atomic mass is 10.2. The molecule has 0 aliphatic carbocycles. The summed E-state index contributed by atoms with van der Waals surface area (Å²) in [6.07, 6.45) is -0.207. The fourth-order valence-electron chi connectivity index (χ4n) is 2.63. The van der Waals surface area contributed by atoms with Gasteiger partial charge in [0.25, 0.3) is 5.91 Å².